The Bertz CT molecular complexity index is 1010. The van der Waals surface area contributed by atoms with Gasteiger partial charge >= 0.3 is 6.18 Å². The maximum Gasteiger partial charge on any atom is 0.416 e. The number of anilines is 1. The van der Waals surface area contributed by atoms with Crippen molar-refractivity contribution in [2.24, 2.45) is 5.92 Å². The van der Waals surface area contributed by atoms with Crippen LogP contribution < -0.4 is 10.1 Å². The zero-order chi connectivity index (χ0) is 21.9. The van der Waals surface area contributed by atoms with E-state index in [0.717, 1.165) is 12.1 Å². The van der Waals surface area contributed by atoms with Crippen LogP contribution >= 0.6 is 0 Å². The summed E-state index contributed by atoms with van der Waals surface area (Å²) in [6, 6.07) is 10.3. The van der Waals surface area contributed by atoms with E-state index in [4.69, 9.17) is 4.74 Å². The molecule has 0 aliphatic carbocycles. The topological polar surface area (TPSA) is 75.7 Å². The van der Waals surface area contributed by atoms with E-state index in [1.54, 1.807) is 0 Å². The van der Waals surface area contributed by atoms with Gasteiger partial charge in [0, 0.05) is 18.8 Å². The Morgan fingerprint density at radius 3 is 2.50 bits per heavy atom. The first-order chi connectivity index (χ1) is 14.1. The summed E-state index contributed by atoms with van der Waals surface area (Å²) in [4.78, 5) is 12.7. The van der Waals surface area contributed by atoms with E-state index < -0.39 is 33.6 Å². The Balaban J connectivity index is 1.71. The molecule has 1 heterocycles. The van der Waals surface area contributed by atoms with Crippen molar-refractivity contribution < 1.29 is 31.1 Å². The van der Waals surface area contributed by atoms with E-state index in [-0.39, 0.29) is 23.7 Å². The summed E-state index contributed by atoms with van der Waals surface area (Å²) in [5.41, 5.74) is -0.849. The van der Waals surface area contributed by atoms with Gasteiger partial charge in [-0.15, -0.1) is 0 Å². The van der Waals surface area contributed by atoms with Gasteiger partial charge in [0.25, 0.3) is 0 Å². The Kier molecular flexibility index (Phi) is 6.37. The molecule has 0 radical (unpaired) electrons. The van der Waals surface area contributed by atoms with Crippen molar-refractivity contribution in [3.63, 3.8) is 0 Å². The van der Waals surface area contributed by atoms with Gasteiger partial charge in [-0.05, 0) is 55.3 Å². The number of hydrogen-bond donors (Lipinski definition) is 1. The highest BCUT2D eigenvalue weighted by atomic mass is 32.2. The van der Waals surface area contributed by atoms with Gasteiger partial charge in [-0.3, -0.25) is 4.79 Å². The van der Waals surface area contributed by atoms with Crippen LogP contribution in [0.15, 0.2) is 53.4 Å². The van der Waals surface area contributed by atoms with Crippen LogP contribution in [0.3, 0.4) is 0 Å². The molecule has 2 aromatic rings. The summed E-state index contributed by atoms with van der Waals surface area (Å²) < 4.78 is 70.6. The van der Waals surface area contributed by atoms with Crippen molar-refractivity contribution in [3.05, 3.63) is 54.1 Å². The van der Waals surface area contributed by atoms with Gasteiger partial charge in [0.2, 0.25) is 15.9 Å². The fraction of sp³-hybridized carbons (Fsp3) is 0.350. The van der Waals surface area contributed by atoms with Crippen molar-refractivity contribution in [2.75, 3.05) is 25.5 Å². The molecule has 0 aromatic heterocycles. The zero-order valence-corrected chi connectivity index (χ0v) is 17.0. The van der Waals surface area contributed by atoms with Gasteiger partial charge in [-0.1, -0.05) is 6.07 Å². The smallest absolute Gasteiger partial charge is 0.416 e. The van der Waals surface area contributed by atoms with Crippen molar-refractivity contribution in [3.8, 4) is 5.75 Å². The molecule has 2 aromatic carbocycles. The molecule has 162 valence electrons. The summed E-state index contributed by atoms with van der Waals surface area (Å²) in [6.45, 7) is 0.223. The molecule has 0 spiro atoms. The third-order valence-electron chi connectivity index (χ3n) is 4.91. The van der Waals surface area contributed by atoms with Gasteiger partial charge in [0.05, 0.1) is 23.5 Å². The second-order valence-corrected chi connectivity index (χ2v) is 8.88. The molecule has 6 nitrogen and oxygen atoms in total. The SMILES string of the molecule is COc1ccc(S(=O)(=O)N2CCC[C@H](C(=O)Nc3cccc(C(F)(F)F)c3)C2)cc1. The average molecular weight is 442 g/mol. The number of alkyl halides is 3. The number of carbonyl (C=O) groups is 1. The molecule has 10 heteroatoms. The Morgan fingerprint density at radius 2 is 1.87 bits per heavy atom. The number of halogens is 3. The summed E-state index contributed by atoms with van der Waals surface area (Å²) in [5.74, 6) is -0.656. The molecule has 1 N–H and O–H groups in total. The number of methoxy groups -OCH3 is 1. The molecular weight excluding hydrogens is 421 g/mol. The molecule has 1 atom stereocenters. The number of amides is 1. The first-order valence-electron chi connectivity index (χ1n) is 9.23. The molecule has 1 amide bonds. The number of benzene rings is 2. The van der Waals surface area contributed by atoms with Gasteiger partial charge in [0.1, 0.15) is 5.75 Å². The minimum Gasteiger partial charge on any atom is -0.497 e. The lowest BCUT2D eigenvalue weighted by molar-refractivity contribution is -0.137. The maximum absolute atomic E-state index is 12.9. The highest BCUT2D eigenvalue weighted by Gasteiger charge is 2.34. The number of hydrogen-bond acceptors (Lipinski definition) is 4. The molecule has 1 aliphatic rings. The number of sulfonamides is 1. The minimum absolute atomic E-state index is 0.0185. The first kappa shape index (κ1) is 22.1. The van der Waals surface area contributed by atoms with Crippen LogP contribution in [-0.4, -0.2) is 38.8 Å². The van der Waals surface area contributed by atoms with E-state index in [2.05, 4.69) is 5.32 Å². The van der Waals surface area contributed by atoms with Crippen LogP contribution in [0.2, 0.25) is 0 Å². The quantitative estimate of drug-likeness (QED) is 0.765. The predicted octanol–water partition coefficient (Wildman–Crippen LogP) is 3.75. The number of nitrogens with one attached hydrogen (secondary N) is 1. The van der Waals surface area contributed by atoms with Gasteiger partial charge in [0.15, 0.2) is 0 Å². The Labute approximate surface area is 172 Å². The third-order valence-corrected chi connectivity index (χ3v) is 6.79. The summed E-state index contributed by atoms with van der Waals surface area (Å²) >= 11 is 0. The van der Waals surface area contributed by atoms with E-state index >= 15 is 0 Å². The number of ether oxygens (including phenoxy) is 1. The third kappa shape index (κ3) is 4.93. The molecule has 1 aliphatic heterocycles. The lowest BCUT2D eigenvalue weighted by atomic mass is 9.98. The number of nitrogens with zero attached hydrogens (tertiary/aromatic N) is 1. The monoisotopic (exact) mass is 442 g/mol. The number of piperidine rings is 1. The standard InChI is InChI=1S/C20H21F3N2O4S/c1-29-17-7-9-18(10-8-17)30(27,28)25-11-3-4-14(13-25)19(26)24-16-6-2-5-15(12-16)20(21,22)23/h2,5-10,12,14H,3-4,11,13H2,1H3,(H,24,26)/t14-/m0/s1. The van der Waals surface area contributed by atoms with Gasteiger partial charge in [-0.25, -0.2) is 8.42 Å². The maximum atomic E-state index is 12.9. The summed E-state index contributed by atoms with van der Waals surface area (Å²) in [7, 11) is -2.33. The summed E-state index contributed by atoms with van der Waals surface area (Å²) in [6.07, 6.45) is -3.61. The molecule has 0 bridgehead atoms. The van der Waals surface area contributed by atoms with Gasteiger partial charge in [-0.2, -0.15) is 17.5 Å². The highest BCUT2D eigenvalue weighted by molar-refractivity contribution is 7.89. The van der Waals surface area contributed by atoms with Crippen molar-refractivity contribution >= 4 is 21.6 Å². The average Bonchev–Trinajstić information content (AvgIpc) is 2.73. The van der Waals surface area contributed by atoms with Crippen LogP contribution in [0.1, 0.15) is 18.4 Å². The lowest BCUT2D eigenvalue weighted by Gasteiger charge is -2.31. The second-order valence-electron chi connectivity index (χ2n) is 6.95. The largest absolute Gasteiger partial charge is 0.497 e. The normalized spacial score (nSPS) is 18.1. The van der Waals surface area contributed by atoms with Crippen LogP contribution in [0.4, 0.5) is 18.9 Å². The van der Waals surface area contributed by atoms with Crippen molar-refractivity contribution in [1.82, 2.24) is 4.31 Å². The van der Waals surface area contributed by atoms with Crippen molar-refractivity contribution in [2.45, 2.75) is 23.9 Å². The molecule has 3 rings (SSSR count). The molecule has 1 saturated heterocycles. The zero-order valence-electron chi connectivity index (χ0n) is 16.1. The van der Waals surface area contributed by atoms with Crippen LogP contribution in [0, 0.1) is 5.92 Å². The lowest BCUT2D eigenvalue weighted by Crippen LogP contribution is -2.43. The molecule has 0 saturated carbocycles. The second kappa shape index (κ2) is 8.65. The van der Waals surface area contributed by atoms with Crippen LogP contribution in [-0.2, 0) is 21.0 Å². The summed E-state index contributed by atoms with van der Waals surface area (Å²) in [5, 5.41) is 2.47. The molecule has 30 heavy (non-hydrogen) atoms. The van der Waals surface area contributed by atoms with E-state index in [1.807, 2.05) is 0 Å². The van der Waals surface area contributed by atoms with E-state index in [0.29, 0.717) is 18.6 Å². The fourth-order valence-corrected chi connectivity index (χ4v) is 4.81. The van der Waals surface area contributed by atoms with E-state index in [9.17, 15) is 26.4 Å². The highest BCUT2D eigenvalue weighted by Crippen LogP contribution is 2.31. The van der Waals surface area contributed by atoms with Crippen molar-refractivity contribution in [1.29, 1.82) is 0 Å². The number of carbonyl (C=O) groups excluding carboxylic acids is 1. The molecular formula is C20H21F3N2O4S. The van der Waals surface area contributed by atoms with Crippen LogP contribution in [0.25, 0.3) is 0 Å². The Morgan fingerprint density at radius 1 is 1.17 bits per heavy atom. The number of rotatable bonds is 5. The minimum atomic E-state index is -4.52. The predicted molar refractivity (Wildman–Crippen MR) is 105 cm³/mol. The molecule has 0 unspecified atom stereocenters. The molecule has 1 fully saturated rings. The van der Waals surface area contributed by atoms with E-state index in [1.165, 1.54) is 47.8 Å². The Hall–Kier alpha value is -2.59. The van der Waals surface area contributed by atoms with Crippen LogP contribution in [0.5, 0.6) is 5.75 Å². The van der Waals surface area contributed by atoms with Gasteiger partial charge < -0.3 is 10.1 Å². The first-order valence-corrected chi connectivity index (χ1v) is 10.7. The fourth-order valence-electron chi connectivity index (χ4n) is 3.29.